The molecule has 0 heterocycles. The minimum atomic E-state index is -2.96. The predicted molar refractivity (Wildman–Crippen MR) is 115 cm³/mol. The highest BCUT2D eigenvalue weighted by atomic mass is 19.3. The van der Waals surface area contributed by atoms with Gasteiger partial charge < -0.3 is 29.6 Å². The number of hydrogen-bond acceptors (Lipinski definition) is 5. The fraction of sp³-hybridized carbons (Fsp3) is 0.409. The van der Waals surface area contributed by atoms with Crippen molar-refractivity contribution in [2.45, 2.75) is 33.5 Å². The van der Waals surface area contributed by atoms with Gasteiger partial charge in [-0.1, -0.05) is 12.1 Å². The predicted octanol–water partition coefficient (Wildman–Crippen LogP) is 3.96. The van der Waals surface area contributed by atoms with E-state index in [2.05, 4.69) is 15.6 Å². The highest BCUT2D eigenvalue weighted by Crippen LogP contribution is 2.33. The van der Waals surface area contributed by atoms with Crippen molar-refractivity contribution in [1.82, 2.24) is 10.6 Å². The Morgan fingerprint density at radius 3 is 2.45 bits per heavy atom. The highest BCUT2D eigenvalue weighted by Gasteiger charge is 2.16. The minimum absolute atomic E-state index is 0.00391. The zero-order valence-electron chi connectivity index (χ0n) is 18.2. The lowest BCUT2D eigenvalue weighted by Gasteiger charge is -2.16. The Balaban J connectivity index is 2.19. The van der Waals surface area contributed by atoms with E-state index in [1.165, 1.54) is 0 Å². The van der Waals surface area contributed by atoms with Crippen molar-refractivity contribution in [2.75, 3.05) is 27.4 Å². The van der Waals surface area contributed by atoms with Gasteiger partial charge in [0.15, 0.2) is 17.5 Å². The summed E-state index contributed by atoms with van der Waals surface area (Å²) in [5.41, 5.74) is 1.40. The zero-order valence-corrected chi connectivity index (χ0v) is 18.2. The molecule has 170 valence electrons. The van der Waals surface area contributed by atoms with Gasteiger partial charge in [-0.15, -0.1) is 0 Å². The van der Waals surface area contributed by atoms with E-state index in [1.807, 2.05) is 19.1 Å². The van der Waals surface area contributed by atoms with Crippen LogP contribution in [0.5, 0.6) is 23.0 Å². The summed E-state index contributed by atoms with van der Waals surface area (Å²) in [4.78, 5) is 4.51. The molecular formula is C22H29F2N3O4. The molecule has 0 atom stereocenters. The third-order valence-corrected chi connectivity index (χ3v) is 4.26. The van der Waals surface area contributed by atoms with E-state index in [-0.39, 0.29) is 18.0 Å². The highest BCUT2D eigenvalue weighted by molar-refractivity contribution is 5.79. The Kier molecular flexibility index (Phi) is 9.67. The number of alkyl halides is 2. The second kappa shape index (κ2) is 12.5. The Labute approximate surface area is 181 Å². The minimum Gasteiger partial charge on any atom is -0.497 e. The van der Waals surface area contributed by atoms with Crippen molar-refractivity contribution in [3.63, 3.8) is 0 Å². The van der Waals surface area contributed by atoms with Gasteiger partial charge in [-0.25, -0.2) is 4.99 Å². The lowest BCUT2D eigenvalue weighted by atomic mass is 10.2. The number of ether oxygens (including phenoxy) is 4. The summed E-state index contributed by atoms with van der Waals surface area (Å²) in [6, 6.07) is 10.5. The van der Waals surface area contributed by atoms with Gasteiger partial charge in [0.2, 0.25) is 0 Å². The Morgan fingerprint density at radius 1 is 1.00 bits per heavy atom. The molecule has 0 spiro atoms. The van der Waals surface area contributed by atoms with Crippen molar-refractivity contribution in [1.29, 1.82) is 0 Å². The van der Waals surface area contributed by atoms with Gasteiger partial charge in [0.05, 0.1) is 27.4 Å². The summed E-state index contributed by atoms with van der Waals surface area (Å²) in [5.74, 6) is 2.15. The SMILES string of the molecule is CCNC(=NCc1cccc(OCC)c1OC(F)F)NCc1ccc(OC)cc1OC. The Bertz CT molecular complexity index is 863. The number of benzene rings is 2. The number of aliphatic imine (C=N–C) groups is 1. The molecule has 0 fully saturated rings. The van der Waals surface area contributed by atoms with Gasteiger partial charge in [-0.05, 0) is 32.0 Å². The van der Waals surface area contributed by atoms with Crippen LogP contribution < -0.4 is 29.6 Å². The van der Waals surface area contributed by atoms with E-state index in [0.717, 1.165) is 5.56 Å². The van der Waals surface area contributed by atoms with Gasteiger partial charge in [0.25, 0.3) is 0 Å². The van der Waals surface area contributed by atoms with E-state index < -0.39 is 6.61 Å². The smallest absolute Gasteiger partial charge is 0.387 e. The molecule has 2 N–H and O–H groups in total. The largest absolute Gasteiger partial charge is 0.497 e. The average molecular weight is 437 g/mol. The summed E-state index contributed by atoms with van der Waals surface area (Å²) in [7, 11) is 3.18. The lowest BCUT2D eigenvalue weighted by molar-refractivity contribution is -0.0520. The van der Waals surface area contributed by atoms with Crippen LogP contribution in [0, 0.1) is 0 Å². The molecule has 0 aliphatic carbocycles. The number of para-hydroxylation sites is 1. The maximum atomic E-state index is 12.9. The molecule has 0 saturated carbocycles. The van der Waals surface area contributed by atoms with Gasteiger partial charge in [0, 0.05) is 30.3 Å². The first kappa shape index (κ1) is 24.0. The first-order chi connectivity index (χ1) is 15.0. The van der Waals surface area contributed by atoms with Crippen LogP contribution in [0.4, 0.5) is 8.78 Å². The molecule has 0 radical (unpaired) electrons. The number of methoxy groups -OCH3 is 2. The maximum Gasteiger partial charge on any atom is 0.387 e. The van der Waals surface area contributed by atoms with Crippen molar-refractivity contribution < 1.29 is 27.7 Å². The van der Waals surface area contributed by atoms with Gasteiger partial charge >= 0.3 is 6.61 Å². The quantitative estimate of drug-likeness (QED) is 0.410. The van der Waals surface area contributed by atoms with Crippen LogP contribution in [0.3, 0.4) is 0 Å². The molecule has 0 aromatic heterocycles. The summed E-state index contributed by atoms with van der Waals surface area (Å²) >= 11 is 0. The molecule has 31 heavy (non-hydrogen) atoms. The van der Waals surface area contributed by atoms with E-state index in [9.17, 15) is 8.78 Å². The first-order valence-electron chi connectivity index (χ1n) is 9.94. The second-order valence-electron chi connectivity index (χ2n) is 6.28. The van der Waals surface area contributed by atoms with Gasteiger partial charge in [-0.2, -0.15) is 8.78 Å². The topological polar surface area (TPSA) is 73.3 Å². The van der Waals surface area contributed by atoms with E-state index in [0.29, 0.717) is 42.7 Å². The summed E-state index contributed by atoms with van der Waals surface area (Å²) in [6.07, 6.45) is 0. The van der Waals surface area contributed by atoms with Crippen LogP contribution in [0.2, 0.25) is 0 Å². The van der Waals surface area contributed by atoms with Crippen LogP contribution in [-0.4, -0.2) is 39.9 Å². The lowest BCUT2D eigenvalue weighted by Crippen LogP contribution is -2.36. The molecule has 7 nitrogen and oxygen atoms in total. The second-order valence-corrected chi connectivity index (χ2v) is 6.28. The van der Waals surface area contributed by atoms with Crippen LogP contribution in [0.1, 0.15) is 25.0 Å². The maximum absolute atomic E-state index is 12.9. The molecule has 9 heteroatoms. The van der Waals surface area contributed by atoms with Crippen LogP contribution in [-0.2, 0) is 13.1 Å². The van der Waals surface area contributed by atoms with Crippen LogP contribution in [0.25, 0.3) is 0 Å². The average Bonchev–Trinajstić information content (AvgIpc) is 2.77. The number of halogens is 2. The molecular weight excluding hydrogens is 408 g/mol. The Morgan fingerprint density at radius 2 is 1.81 bits per heavy atom. The van der Waals surface area contributed by atoms with Gasteiger partial charge in [-0.3, -0.25) is 0 Å². The van der Waals surface area contributed by atoms with Crippen molar-refractivity contribution >= 4 is 5.96 Å². The first-order valence-corrected chi connectivity index (χ1v) is 9.94. The Hall–Kier alpha value is -3.23. The molecule has 0 unspecified atom stereocenters. The number of guanidine groups is 1. The third-order valence-electron chi connectivity index (χ3n) is 4.26. The zero-order chi connectivity index (χ0) is 22.6. The van der Waals surface area contributed by atoms with E-state index in [4.69, 9.17) is 18.9 Å². The van der Waals surface area contributed by atoms with Gasteiger partial charge in [0.1, 0.15) is 11.5 Å². The summed E-state index contributed by atoms with van der Waals surface area (Å²) < 4.78 is 46.6. The van der Waals surface area contributed by atoms with Crippen molar-refractivity contribution in [2.24, 2.45) is 4.99 Å². The monoisotopic (exact) mass is 437 g/mol. The molecule has 2 rings (SSSR count). The molecule has 0 aliphatic rings. The summed E-state index contributed by atoms with van der Waals surface area (Å²) in [6.45, 7) is 2.28. The normalized spacial score (nSPS) is 11.3. The van der Waals surface area contributed by atoms with Crippen LogP contribution >= 0.6 is 0 Å². The fourth-order valence-corrected chi connectivity index (χ4v) is 2.86. The number of rotatable bonds is 11. The molecule has 0 bridgehead atoms. The molecule has 2 aromatic carbocycles. The van der Waals surface area contributed by atoms with Crippen molar-refractivity contribution in [3.8, 4) is 23.0 Å². The van der Waals surface area contributed by atoms with Crippen molar-refractivity contribution in [3.05, 3.63) is 47.5 Å². The number of nitrogens with zero attached hydrogens (tertiary/aromatic N) is 1. The van der Waals surface area contributed by atoms with E-state index in [1.54, 1.807) is 45.4 Å². The number of hydrogen-bond donors (Lipinski definition) is 2. The van der Waals surface area contributed by atoms with Crippen LogP contribution in [0.15, 0.2) is 41.4 Å². The standard InChI is InChI=1S/C22H29F2N3O4/c1-5-25-22(26-13-15-10-11-17(28-3)12-19(15)29-4)27-14-16-8-7-9-18(30-6-2)20(16)31-21(23)24/h7-12,21H,5-6,13-14H2,1-4H3,(H2,25,26,27). The molecule has 0 aliphatic heterocycles. The number of nitrogens with one attached hydrogen (secondary N) is 2. The third kappa shape index (κ3) is 7.20. The molecule has 0 saturated heterocycles. The summed E-state index contributed by atoms with van der Waals surface area (Å²) in [5, 5.41) is 6.35. The van der Waals surface area contributed by atoms with E-state index >= 15 is 0 Å². The molecule has 2 aromatic rings. The fourth-order valence-electron chi connectivity index (χ4n) is 2.86. The molecule has 0 amide bonds.